The average Bonchev–Trinajstić information content (AvgIpc) is 3.50. The number of methoxy groups -OCH3 is 1. The van der Waals surface area contributed by atoms with Gasteiger partial charge in [0.05, 0.1) is 24.9 Å². The molecule has 0 aliphatic carbocycles. The number of ether oxygens (including phenoxy) is 2. The second-order valence-electron chi connectivity index (χ2n) is 6.46. The van der Waals surface area contributed by atoms with Crippen molar-refractivity contribution in [3.05, 3.63) is 93.1 Å². The largest absolute Gasteiger partial charge is 0.497 e. The summed E-state index contributed by atoms with van der Waals surface area (Å²) in [5.74, 6) is 1.30. The second-order valence-corrected chi connectivity index (χ2v) is 8.22. The zero-order chi connectivity index (χ0) is 20.8. The summed E-state index contributed by atoms with van der Waals surface area (Å²) in [6.45, 7) is 0.866. The first-order chi connectivity index (χ1) is 14.7. The van der Waals surface area contributed by atoms with E-state index in [1.807, 2.05) is 65.4 Å². The van der Waals surface area contributed by atoms with E-state index in [9.17, 15) is 4.79 Å². The Balaban J connectivity index is 1.58. The molecular formula is C23H20N2O3S2. The molecule has 0 unspecified atom stereocenters. The number of carbonyl (C=O) groups excluding carboxylic acids is 1. The fourth-order valence-corrected chi connectivity index (χ4v) is 4.18. The second kappa shape index (κ2) is 9.56. The summed E-state index contributed by atoms with van der Waals surface area (Å²) in [6.07, 6.45) is 0. The fraction of sp³-hybridized carbons (Fsp3) is 0.130. The summed E-state index contributed by atoms with van der Waals surface area (Å²) in [5.41, 5.74) is 4.02. The van der Waals surface area contributed by atoms with E-state index in [1.165, 1.54) is 11.3 Å². The average molecular weight is 437 g/mol. The molecule has 0 aliphatic heterocycles. The summed E-state index contributed by atoms with van der Waals surface area (Å²) >= 11 is 3.16. The van der Waals surface area contributed by atoms with E-state index in [0.717, 1.165) is 22.0 Å². The number of carbonyl (C=O) groups is 1. The molecule has 0 saturated heterocycles. The van der Waals surface area contributed by atoms with E-state index in [1.54, 1.807) is 34.9 Å². The van der Waals surface area contributed by atoms with Crippen LogP contribution in [0.25, 0.3) is 0 Å². The number of amides is 1. The van der Waals surface area contributed by atoms with Gasteiger partial charge in [-0.25, -0.2) is 4.98 Å². The number of nitrogens with zero attached hydrogens (tertiary/aromatic N) is 2. The Hall–Kier alpha value is -3.16. The maximum Gasteiger partial charge on any atom is 0.258 e. The fourth-order valence-electron chi connectivity index (χ4n) is 2.94. The van der Waals surface area contributed by atoms with Crippen LogP contribution in [-0.2, 0) is 13.2 Å². The van der Waals surface area contributed by atoms with Crippen molar-refractivity contribution >= 4 is 34.3 Å². The molecule has 0 saturated carbocycles. The van der Waals surface area contributed by atoms with E-state index < -0.39 is 0 Å². The lowest BCUT2D eigenvalue weighted by Gasteiger charge is -2.23. The van der Waals surface area contributed by atoms with Crippen molar-refractivity contribution in [2.75, 3.05) is 12.0 Å². The molecule has 0 spiro atoms. The topological polar surface area (TPSA) is 51.7 Å². The van der Waals surface area contributed by atoms with Crippen molar-refractivity contribution < 1.29 is 14.3 Å². The van der Waals surface area contributed by atoms with Crippen LogP contribution in [0.1, 0.15) is 20.9 Å². The first kappa shape index (κ1) is 20.1. The highest BCUT2D eigenvalue weighted by molar-refractivity contribution is 7.09. The zero-order valence-corrected chi connectivity index (χ0v) is 18.0. The quantitative estimate of drug-likeness (QED) is 0.359. The molecule has 30 heavy (non-hydrogen) atoms. The van der Waals surface area contributed by atoms with Gasteiger partial charge in [0, 0.05) is 21.5 Å². The SMILES string of the molecule is COc1ccc(N(Cc2cccs2)C(=O)c2cccc(OCc3cscn3)c2)cc1. The third-order valence-electron chi connectivity index (χ3n) is 4.47. The van der Waals surface area contributed by atoms with Crippen LogP contribution in [0.5, 0.6) is 11.5 Å². The van der Waals surface area contributed by atoms with Crippen molar-refractivity contribution in [3.8, 4) is 11.5 Å². The van der Waals surface area contributed by atoms with Gasteiger partial charge in [0.25, 0.3) is 5.91 Å². The molecule has 7 heteroatoms. The smallest absolute Gasteiger partial charge is 0.258 e. The molecule has 0 radical (unpaired) electrons. The van der Waals surface area contributed by atoms with Gasteiger partial charge in [0.2, 0.25) is 0 Å². The number of aromatic nitrogens is 1. The summed E-state index contributed by atoms with van der Waals surface area (Å²) in [6, 6.07) is 18.8. The molecule has 4 rings (SSSR count). The number of hydrogen-bond acceptors (Lipinski definition) is 6. The molecule has 1 amide bonds. The summed E-state index contributed by atoms with van der Waals surface area (Å²) in [7, 11) is 1.63. The van der Waals surface area contributed by atoms with E-state index in [2.05, 4.69) is 4.98 Å². The Morgan fingerprint density at radius 3 is 2.63 bits per heavy atom. The van der Waals surface area contributed by atoms with E-state index in [-0.39, 0.29) is 5.91 Å². The van der Waals surface area contributed by atoms with Gasteiger partial charge in [-0.15, -0.1) is 22.7 Å². The molecule has 2 aromatic carbocycles. The lowest BCUT2D eigenvalue weighted by Crippen LogP contribution is -2.30. The van der Waals surface area contributed by atoms with E-state index in [0.29, 0.717) is 24.5 Å². The van der Waals surface area contributed by atoms with Crippen molar-refractivity contribution in [1.29, 1.82) is 0 Å². The molecule has 0 aliphatic rings. The highest BCUT2D eigenvalue weighted by Gasteiger charge is 2.19. The molecule has 0 fully saturated rings. The van der Waals surface area contributed by atoms with Crippen LogP contribution in [0.2, 0.25) is 0 Å². The van der Waals surface area contributed by atoms with Crippen LogP contribution >= 0.6 is 22.7 Å². The van der Waals surface area contributed by atoms with Crippen LogP contribution in [0.3, 0.4) is 0 Å². The van der Waals surface area contributed by atoms with Crippen molar-refractivity contribution in [2.45, 2.75) is 13.2 Å². The van der Waals surface area contributed by atoms with Gasteiger partial charge in [-0.05, 0) is 53.9 Å². The third kappa shape index (κ3) is 4.87. The minimum absolute atomic E-state index is 0.0901. The van der Waals surface area contributed by atoms with Crippen LogP contribution in [0.15, 0.2) is 76.9 Å². The predicted molar refractivity (Wildman–Crippen MR) is 121 cm³/mol. The van der Waals surface area contributed by atoms with E-state index >= 15 is 0 Å². The lowest BCUT2D eigenvalue weighted by molar-refractivity contribution is 0.0985. The van der Waals surface area contributed by atoms with Gasteiger partial charge in [-0.1, -0.05) is 12.1 Å². The highest BCUT2D eigenvalue weighted by atomic mass is 32.1. The Labute approximate surface area is 183 Å². The van der Waals surface area contributed by atoms with Gasteiger partial charge in [0.1, 0.15) is 18.1 Å². The van der Waals surface area contributed by atoms with Crippen LogP contribution in [0, 0.1) is 0 Å². The molecule has 0 bridgehead atoms. The number of rotatable bonds is 8. The number of anilines is 1. The van der Waals surface area contributed by atoms with Crippen LogP contribution in [0.4, 0.5) is 5.69 Å². The standard InChI is InChI=1S/C23H20N2O3S2/c1-27-20-9-7-19(8-10-20)25(13-22-6-3-11-30-22)23(26)17-4-2-5-21(12-17)28-14-18-15-29-16-24-18/h2-12,15-16H,13-14H2,1H3. The molecule has 2 heterocycles. The molecule has 0 atom stereocenters. The minimum atomic E-state index is -0.0901. The Morgan fingerprint density at radius 2 is 1.93 bits per heavy atom. The van der Waals surface area contributed by atoms with Crippen LogP contribution < -0.4 is 14.4 Å². The van der Waals surface area contributed by atoms with Gasteiger partial charge >= 0.3 is 0 Å². The minimum Gasteiger partial charge on any atom is -0.497 e. The van der Waals surface area contributed by atoms with Crippen LogP contribution in [-0.4, -0.2) is 18.0 Å². The summed E-state index contributed by atoms with van der Waals surface area (Å²) in [5, 5.41) is 3.96. The molecule has 4 aromatic rings. The number of thiazole rings is 1. The number of thiophene rings is 1. The summed E-state index contributed by atoms with van der Waals surface area (Å²) < 4.78 is 11.1. The maximum atomic E-state index is 13.4. The normalized spacial score (nSPS) is 10.6. The van der Waals surface area contributed by atoms with Crippen molar-refractivity contribution in [3.63, 3.8) is 0 Å². The first-order valence-electron chi connectivity index (χ1n) is 9.31. The van der Waals surface area contributed by atoms with Gasteiger partial charge in [-0.2, -0.15) is 0 Å². The number of benzene rings is 2. The maximum absolute atomic E-state index is 13.4. The molecule has 152 valence electrons. The molecule has 0 N–H and O–H groups in total. The highest BCUT2D eigenvalue weighted by Crippen LogP contribution is 2.26. The predicted octanol–water partition coefficient (Wildman–Crippen LogP) is 5.64. The summed E-state index contributed by atoms with van der Waals surface area (Å²) in [4.78, 5) is 20.5. The third-order valence-corrected chi connectivity index (χ3v) is 5.97. The molecular weight excluding hydrogens is 416 g/mol. The van der Waals surface area contributed by atoms with Gasteiger partial charge in [-0.3, -0.25) is 4.79 Å². The van der Waals surface area contributed by atoms with Gasteiger partial charge < -0.3 is 14.4 Å². The Morgan fingerprint density at radius 1 is 1.07 bits per heavy atom. The van der Waals surface area contributed by atoms with Crippen molar-refractivity contribution in [2.24, 2.45) is 0 Å². The number of hydrogen-bond donors (Lipinski definition) is 0. The first-order valence-corrected chi connectivity index (χ1v) is 11.1. The van der Waals surface area contributed by atoms with Crippen molar-refractivity contribution in [1.82, 2.24) is 4.98 Å². The van der Waals surface area contributed by atoms with Gasteiger partial charge in [0.15, 0.2) is 0 Å². The lowest BCUT2D eigenvalue weighted by atomic mass is 10.1. The zero-order valence-electron chi connectivity index (χ0n) is 16.4. The Kier molecular flexibility index (Phi) is 6.41. The monoisotopic (exact) mass is 436 g/mol. The molecule has 2 aromatic heterocycles. The Bertz CT molecular complexity index is 1080. The van der Waals surface area contributed by atoms with E-state index in [4.69, 9.17) is 9.47 Å². The molecule has 5 nitrogen and oxygen atoms in total.